The minimum Gasteiger partial charge on any atom is -0.462 e. The fourth-order valence-electron chi connectivity index (χ4n) is 1.31. The third kappa shape index (κ3) is 3.30. The molecule has 0 N–H and O–H groups in total. The van der Waals surface area contributed by atoms with Crippen molar-refractivity contribution in [1.82, 2.24) is 4.90 Å². The van der Waals surface area contributed by atoms with Crippen LogP contribution in [0.1, 0.15) is 27.7 Å². The SMILES string of the molecule is CCOC(=O)c1c(N=CN(C)C)sc(C)c1C. The predicted octanol–water partition coefficient (Wildman–Crippen LogP) is 2.76. The summed E-state index contributed by atoms with van der Waals surface area (Å²) in [4.78, 5) is 19.1. The van der Waals surface area contributed by atoms with Crippen LogP contribution in [0.4, 0.5) is 5.00 Å². The van der Waals surface area contributed by atoms with E-state index in [-0.39, 0.29) is 5.97 Å². The Hall–Kier alpha value is -1.36. The first-order chi connectivity index (χ1) is 7.97. The number of rotatable bonds is 4. The van der Waals surface area contributed by atoms with Crippen molar-refractivity contribution in [2.75, 3.05) is 20.7 Å². The number of hydrogen-bond donors (Lipinski definition) is 0. The van der Waals surface area contributed by atoms with E-state index in [9.17, 15) is 4.79 Å². The van der Waals surface area contributed by atoms with Crippen LogP contribution in [0.3, 0.4) is 0 Å². The molecule has 0 saturated carbocycles. The Morgan fingerprint density at radius 1 is 1.47 bits per heavy atom. The van der Waals surface area contributed by atoms with Crippen LogP contribution in [-0.2, 0) is 4.74 Å². The molecule has 1 rings (SSSR count). The number of carbonyl (C=O) groups is 1. The van der Waals surface area contributed by atoms with Gasteiger partial charge in [0.15, 0.2) is 0 Å². The van der Waals surface area contributed by atoms with E-state index < -0.39 is 0 Å². The molecule has 94 valence electrons. The third-order valence-electron chi connectivity index (χ3n) is 2.25. The average Bonchev–Trinajstić information content (AvgIpc) is 2.52. The maximum absolute atomic E-state index is 11.8. The first-order valence-corrected chi connectivity index (χ1v) is 6.26. The predicted molar refractivity (Wildman–Crippen MR) is 71.6 cm³/mol. The van der Waals surface area contributed by atoms with Crippen molar-refractivity contribution in [2.24, 2.45) is 4.99 Å². The molecule has 0 saturated heterocycles. The Labute approximate surface area is 106 Å². The highest BCUT2D eigenvalue weighted by Crippen LogP contribution is 2.35. The van der Waals surface area contributed by atoms with Gasteiger partial charge in [0, 0.05) is 19.0 Å². The van der Waals surface area contributed by atoms with E-state index in [0.29, 0.717) is 17.2 Å². The van der Waals surface area contributed by atoms with Gasteiger partial charge >= 0.3 is 5.97 Å². The summed E-state index contributed by atoms with van der Waals surface area (Å²) in [5.74, 6) is -0.291. The number of aliphatic imine (C=N–C) groups is 1. The van der Waals surface area contributed by atoms with Gasteiger partial charge in [-0.2, -0.15) is 0 Å². The van der Waals surface area contributed by atoms with Gasteiger partial charge in [-0.15, -0.1) is 11.3 Å². The van der Waals surface area contributed by atoms with Crippen molar-refractivity contribution >= 4 is 28.6 Å². The van der Waals surface area contributed by atoms with E-state index in [4.69, 9.17) is 4.74 Å². The highest BCUT2D eigenvalue weighted by atomic mass is 32.1. The number of thiophene rings is 1. The van der Waals surface area contributed by atoms with Crippen LogP contribution in [0.25, 0.3) is 0 Å². The monoisotopic (exact) mass is 254 g/mol. The number of hydrogen-bond acceptors (Lipinski definition) is 4. The molecule has 0 unspecified atom stereocenters. The first kappa shape index (κ1) is 13.7. The molecule has 0 fully saturated rings. The van der Waals surface area contributed by atoms with Crippen LogP contribution in [-0.4, -0.2) is 37.9 Å². The lowest BCUT2D eigenvalue weighted by Crippen LogP contribution is -2.08. The normalized spacial score (nSPS) is 10.9. The highest BCUT2D eigenvalue weighted by Gasteiger charge is 2.19. The minimum absolute atomic E-state index is 0.291. The molecular weight excluding hydrogens is 236 g/mol. The fraction of sp³-hybridized carbons (Fsp3) is 0.500. The third-order valence-corrected chi connectivity index (χ3v) is 3.37. The molecule has 0 spiro atoms. The van der Waals surface area contributed by atoms with Gasteiger partial charge in [-0.3, -0.25) is 0 Å². The second kappa shape index (κ2) is 5.82. The lowest BCUT2D eigenvalue weighted by molar-refractivity contribution is 0.0527. The van der Waals surface area contributed by atoms with Gasteiger partial charge in [-0.1, -0.05) is 0 Å². The zero-order chi connectivity index (χ0) is 13.0. The zero-order valence-electron chi connectivity index (χ0n) is 10.9. The molecule has 0 aliphatic heterocycles. The van der Waals surface area contributed by atoms with Crippen LogP contribution >= 0.6 is 11.3 Å². The van der Waals surface area contributed by atoms with E-state index in [1.54, 1.807) is 13.3 Å². The summed E-state index contributed by atoms with van der Waals surface area (Å²) in [5.41, 5.74) is 1.55. The Morgan fingerprint density at radius 2 is 2.12 bits per heavy atom. The van der Waals surface area contributed by atoms with Crippen LogP contribution in [0.2, 0.25) is 0 Å². The summed E-state index contributed by atoms with van der Waals surface area (Å²) < 4.78 is 5.05. The molecule has 0 aliphatic rings. The van der Waals surface area contributed by atoms with Gasteiger partial charge in [-0.05, 0) is 26.3 Å². The van der Waals surface area contributed by atoms with Crippen molar-refractivity contribution in [3.8, 4) is 0 Å². The van der Waals surface area contributed by atoms with Gasteiger partial charge in [0.1, 0.15) is 5.00 Å². The smallest absolute Gasteiger partial charge is 0.341 e. The van der Waals surface area contributed by atoms with Gasteiger partial charge in [0.05, 0.1) is 18.5 Å². The molecule has 4 nitrogen and oxygen atoms in total. The number of aryl methyl sites for hydroxylation is 1. The Bertz CT molecular complexity index is 436. The van der Waals surface area contributed by atoms with Crippen LogP contribution in [0, 0.1) is 13.8 Å². The molecule has 1 heterocycles. The molecule has 1 aromatic rings. The Kier molecular flexibility index (Phi) is 4.69. The van der Waals surface area contributed by atoms with Crippen molar-refractivity contribution in [3.05, 3.63) is 16.0 Å². The second-order valence-electron chi connectivity index (χ2n) is 3.89. The lowest BCUT2D eigenvalue weighted by atomic mass is 10.1. The topological polar surface area (TPSA) is 41.9 Å². The Balaban J connectivity index is 3.13. The maximum Gasteiger partial charge on any atom is 0.341 e. The number of nitrogens with zero attached hydrogens (tertiary/aromatic N) is 2. The molecular formula is C12H18N2O2S. The standard InChI is InChI=1S/C12H18N2O2S/c1-6-16-12(15)10-8(2)9(3)17-11(10)13-7-14(4)5/h7H,6H2,1-5H3. The van der Waals surface area contributed by atoms with Gasteiger partial charge < -0.3 is 9.64 Å². The van der Waals surface area contributed by atoms with Crippen molar-refractivity contribution < 1.29 is 9.53 Å². The second-order valence-corrected chi connectivity index (χ2v) is 5.10. The molecule has 0 atom stereocenters. The van der Waals surface area contributed by atoms with Crippen LogP contribution in [0.15, 0.2) is 4.99 Å². The molecule has 0 aromatic carbocycles. The van der Waals surface area contributed by atoms with E-state index in [1.165, 1.54) is 11.3 Å². The van der Waals surface area contributed by atoms with E-state index in [1.807, 2.05) is 32.8 Å². The zero-order valence-corrected chi connectivity index (χ0v) is 11.7. The van der Waals surface area contributed by atoms with Gasteiger partial charge in [0.2, 0.25) is 0 Å². The number of esters is 1. The van der Waals surface area contributed by atoms with Crippen molar-refractivity contribution in [3.63, 3.8) is 0 Å². The summed E-state index contributed by atoms with van der Waals surface area (Å²) in [6.45, 7) is 6.09. The molecule has 17 heavy (non-hydrogen) atoms. The largest absolute Gasteiger partial charge is 0.462 e. The van der Waals surface area contributed by atoms with Crippen molar-refractivity contribution in [2.45, 2.75) is 20.8 Å². The fourth-order valence-corrected chi connectivity index (χ4v) is 2.30. The molecule has 0 radical (unpaired) electrons. The summed E-state index contributed by atoms with van der Waals surface area (Å²) in [6.07, 6.45) is 1.69. The quantitative estimate of drug-likeness (QED) is 0.471. The molecule has 0 amide bonds. The van der Waals surface area contributed by atoms with E-state index in [2.05, 4.69) is 4.99 Å². The van der Waals surface area contributed by atoms with E-state index in [0.717, 1.165) is 10.4 Å². The summed E-state index contributed by atoms with van der Waals surface area (Å²) >= 11 is 1.51. The number of carbonyl (C=O) groups excluding carboxylic acids is 1. The lowest BCUT2D eigenvalue weighted by Gasteiger charge is -2.04. The summed E-state index contributed by atoms with van der Waals surface area (Å²) in [6, 6.07) is 0. The first-order valence-electron chi connectivity index (χ1n) is 5.45. The average molecular weight is 254 g/mol. The van der Waals surface area contributed by atoms with Crippen molar-refractivity contribution in [1.29, 1.82) is 0 Å². The maximum atomic E-state index is 11.8. The van der Waals surface area contributed by atoms with Crippen LogP contribution in [0.5, 0.6) is 0 Å². The minimum atomic E-state index is -0.291. The molecule has 0 aliphatic carbocycles. The number of ether oxygens (including phenoxy) is 1. The summed E-state index contributed by atoms with van der Waals surface area (Å²) in [7, 11) is 3.78. The molecule has 5 heteroatoms. The molecule has 0 bridgehead atoms. The van der Waals surface area contributed by atoms with Gasteiger partial charge in [0.25, 0.3) is 0 Å². The van der Waals surface area contributed by atoms with Crippen LogP contribution < -0.4 is 0 Å². The van der Waals surface area contributed by atoms with Gasteiger partial charge in [-0.25, -0.2) is 9.79 Å². The summed E-state index contributed by atoms with van der Waals surface area (Å²) in [5, 5.41) is 0.715. The Morgan fingerprint density at radius 3 is 2.65 bits per heavy atom. The highest BCUT2D eigenvalue weighted by molar-refractivity contribution is 7.16. The van der Waals surface area contributed by atoms with E-state index >= 15 is 0 Å². The molecule has 1 aromatic heterocycles.